The highest BCUT2D eigenvalue weighted by Gasteiger charge is 2.31. The minimum atomic E-state index is 0.636. The van der Waals surface area contributed by atoms with Gasteiger partial charge in [-0.1, -0.05) is 0 Å². The molecule has 0 aliphatic carbocycles. The van der Waals surface area contributed by atoms with E-state index in [1.54, 1.807) is 0 Å². The summed E-state index contributed by atoms with van der Waals surface area (Å²) < 4.78 is 0. The lowest BCUT2D eigenvalue weighted by Crippen LogP contribution is -2.36. The van der Waals surface area contributed by atoms with Crippen molar-refractivity contribution in [1.82, 2.24) is 15.3 Å². The van der Waals surface area contributed by atoms with Gasteiger partial charge in [0, 0.05) is 49.5 Å². The summed E-state index contributed by atoms with van der Waals surface area (Å²) in [6.45, 7) is 8.72. The van der Waals surface area contributed by atoms with Gasteiger partial charge in [-0.3, -0.25) is 0 Å². The van der Waals surface area contributed by atoms with Crippen LogP contribution in [0.3, 0.4) is 0 Å². The zero-order valence-electron chi connectivity index (χ0n) is 13.8. The smallest absolute Gasteiger partial charge is 0.227 e. The summed E-state index contributed by atoms with van der Waals surface area (Å²) in [6.07, 6.45) is 6.42. The number of nitrogens with one attached hydrogen (secondary N) is 1. The molecule has 4 heterocycles. The van der Waals surface area contributed by atoms with Crippen LogP contribution in [0.25, 0.3) is 0 Å². The molecule has 0 saturated carbocycles. The third-order valence-corrected chi connectivity index (χ3v) is 5.56. The summed E-state index contributed by atoms with van der Waals surface area (Å²) in [4.78, 5) is 14.6. The maximum Gasteiger partial charge on any atom is 0.227 e. The molecular formula is C17H27N5. The van der Waals surface area contributed by atoms with Crippen LogP contribution in [0, 0.1) is 13.8 Å². The third-order valence-electron chi connectivity index (χ3n) is 5.56. The van der Waals surface area contributed by atoms with E-state index in [1.807, 2.05) is 0 Å². The first kappa shape index (κ1) is 14.2. The second-order valence-corrected chi connectivity index (χ2v) is 7.12. The summed E-state index contributed by atoms with van der Waals surface area (Å²) in [6, 6.07) is 1.36. The molecule has 5 heteroatoms. The normalized spacial score (nSPS) is 28.3. The van der Waals surface area contributed by atoms with Gasteiger partial charge in [0.2, 0.25) is 5.95 Å². The molecule has 0 amide bonds. The fourth-order valence-electron chi connectivity index (χ4n) is 4.10. The van der Waals surface area contributed by atoms with Crippen molar-refractivity contribution in [2.24, 2.45) is 0 Å². The van der Waals surface area contributed by atoms with Crippen LogP contribution >= 0.6 is 0 Å². The highest BCUT2D eigenvalue weighted by molar-refractivity contribution is 5.53. The molecule has 2 atom stereocenters. The molecule has 4 rings (SSSR count). The van der Waals surface area contributed by atoms with Crippen LogP contribution in [0.5, 0.6) is 0 Å². The molecule has 120 valence electrons. The quantitative estimate of drug-likeness (QED) is 0.905. The molecule has 0 radical (unpaired) electrons. The van der Waals surface area contributed by atoms with Gasteiger partial charge in [-0.2, -0.15) is 4.98 Å². The molecule has 5 nitrogen and oxygen atoms in total. The lowest BCUT2D eigenvalue weighted by atomic mass is 10.1. The van der Waals surface area contributed by atoms with Crippen LogP contribution in [0.2, 0.25) is 0 Å². The molecule has 3 fully saturated rings. The van der Waals surface area contributed by atoms with Gasteiger partial charge < -0.3 is 15.1 Å². The summed E-state index contributed by atoms with van der Waals surface area (Å²) in [5, 5.41) is 3.76. The van der Waals surface area contributed by atoms with Gasteiger partial charge in [0.25, 0.3) is 0 Å². The Kier molecular flexibility index (Phi) is 3.68. The van der Waals surface area contributed by atoms with Crippen LogP contribution in [0.15, 0.2) is 0 Å². The fraction of sp³-hybridized carbons (Fsp3) is 0.765. The number of aryl methyl sites for hydroxylation is 1. The minimum absolute atomic E-state index is 0.636. The van der Waals surface area contributed by atoms with Crippen LogP contribution in [-0.4, -0.2) is 48.2 Å². The number of hydrogen-bond acceptors (Lipinski definition) is 5. The van der Waals surface area contributed by atoms with E-state index in [-0.39, 0.29) is 0 Å². The SMILES string of the molecule is Cc1nc(N2CCCC2)nc(N2CC[C@H]3CC[C@@H](C2)N3)c1C. The molecule has 2 bridgehead atoms. The summed E-state index contributed by atoms with van der Waals surface area (Å²) in [5.41, 5.74) is 2.38. The number of aromatic nitrogens is 2. The van der Waals surface area contributed by atoms with Crippen molar-refractivity contribution in [1.29, 1.82) is 0 Å². The molecule has 1 aromatic heterocycles. The van der Waals surface area contributed by atoms with E-state index < -0.39 is 0 Å². The zero-order valence-corrected chi connectivity index (χ0v) is 13.8. The number of hydrogen-bond donors (Lipinski definition) is 1. The summed E-state index contributed by atoms with van der Waals surface area (Å²) in [7, 11) is 0. The minimum Gasteiger partial charge on any atom is -0.355 e. The second kappa shape index (κ2) is 5.69. The van der Waals surface area contributed by atoms with Gasteiger partial charge in [-0.25, -0.2) is 4.98 Å². The van der Waals surface area contributed by atoms with Gasteiger partial charge in [0.05, 0.1) is 0 Å². The molecule has 3 saturated heterocycles. The van der Waals surface area contributed by atoms with Gasteiger partial charge in [-0.15, -0.1) is 0 Å². The third kappa shape index (κ3) is 2.56. The van der Waals surface area contributed by atoms with Crippen LogP contribution in [0.1, 0.15) is 43.4 Å². The van der Waals surface area contributed by atoms with Crippen LogP contribution < -0.4 is 15.1 Å². The Morgan fingerprint density at radius 1 is 0.909 bits per heavy atom. The Hall–Kier alpha value is -1.36. The Labute approximate surface area is 133 Å². The monoisotopic (exact) mass is 301 g/mol. The van der Waals surface area contributed by atoms with Gasteiger partial charge in [-0.05, 0) is 46.0 Å². The molecule has 0 aromatic carbocycles. The Morgan fingerprint density at radius 3 is 2.50 bits per heavy atom. The first-order valence-electron chi connectivity index (χ1n) is 8.82. The molecule has 1 aromatic rings. The highest BCUT2D eigenvalue weighted by atomic mass is 15.3. The zero-order chi connectivity index (χ0) is 15.1. The van der Waals surface area contributed by atoms with E-state index in [4.69, 9.17) is 9.97 Å². The molecule has 1 N–H and O–H groups in total. The van der Waals surface area contributed by atoms with Gasteiger partial charge in [0.15, 0.2) is 0 Å². The average molecular weight is 301 g/mol. The lowest BCUT2D eigenvalue weighted by molar-refractivity contribution is 0.563. The predicted molar refractivity (Wildman–Crippen MR) is 89.7 cm³/mol. The molecule has 3 aliphatic heterocycles. The molecule has 22 heavy (non-hydrogen) atoms. The van der Waals surface area contributed by atoms with Crippen LogP contribution in [0.4, 0.5) is 11.8 Å². The van der Waals surface area contributed by atoms with E-state index in [0.29, 0.717) is 6.04 Å². The second-order valence-electron chi connectivity index (χ2n) is 7.12. The van der Waals surface area contributed by atoms with E-state index in [9.17, 15) is 0 Å². The van der Waals surface area contributed by atoms with Crippen molar-refractivity contribution >= 4 is 11.8 Å². The predicted octanol–water partition coefficient (Wildman–Crippen LogP) is 2.02. The van der Waals surface area contributed by atoms with Crippen molar-refractivity contribution in [3.8, 4) is 0 Å². The Morgan fingerprint density at radius 2 is 1.68 bits per heavy atom. The summed E-state index contributed by atoms with van der Waals surface area (Å²) in [5.74, 6) is 2.11. The van der Waals surface area contributed by atoms with E-state index in [1.165, 1.54) is 43.5 Å². The standard InChI is InChI=1S/C17H27N5/c1-12-13(2)18-17(21-8-3-4-9-21)20-16(12)22-10-7-14-5-6-15(11-22)19-14/h14-15,19H,3-11H2,1-2H3/t14-,15+/m1/s1. The van der Waals surface area contributed by atoms with Crippen molar-refractivity contribution in [3.63, 3.8) is 0 Å². The van der Waals surface area contributed by atoms with E-state index in [2.05, 4.69) is 29.0 Å². The number of rotatable bonds is 2. The summed E-state index contributed by atoms with van der Waals surface area (Å²) >= 11 is 0. The maximum atomic E-state index is 4.98. The first-order valence-corrected chi connectivity index (χ1v) is 8.82. The van der Waals surface area contributed by atoms with Crippen molar-refractivity contribution in [2.45, 2.75) is 58.0 Å². The number of nitrogens with zero attached hydrogens (tertiary/aromatic N) is 4. The number of anilines is 2. The highest BCUT2D eigenvalue weighted by Crippen LogP contribution is 2.28. The Bertz CT molecular complexity index is 552. The molecular weight excluding hydrogens is 274 g/mol. The topological polar surface area (TPSA) is 44.3 Å². The molecule has 0 spiro atoms. The molecule has 0 unspecified atom stereocenters. The van der Waals surface area contributed by atoms with Crippen molar-refractivity contribution in [3.05, 3.63) is 11.3 Å². The van der Waals surface area contributed by atoms with E-state index >= 15 is 0 Å². The first-order chi connectivity index (χ1) is 10.7. The average Bonchev–Trinajstić information content (AvgIpc) is 3.12. The maximum absolute atomic E-state index is 4.98. The molecule has 3 aliphatic rings. The number of fused-ring (bicyclic) bond motifs is 2. The van der Waals surface area contributed by atoms with Crippen LogP contribution in [-0.2, 0) is 0 Å². The largest absolute Gasteiger partial charge is 0.355 e. The Balaban J connectivity index is 1.64. The lowest BCUT2D eigenvalue weighted by Gasteiger charge is -2.28. The van der Waals surface area contributed by atoms with Gasteiger partial charge in [0.1, 0.15) is 5.82 Å². The van der Waals surface area contributed by atoms with Crippen molar-refractivity contribution in [2.75, 3.05) is 36.0 Å². The fourth-order valence-corrected chi connectivity index (χ4v) is 4.10. The van der Waals surface area contributed by atoms with Crippen molar-refractivity contribution < 1.29 is 0 Å². The van der Waals surface area contributed by atoms with Gasteiger partial charge >= 0.3 is 0 Å². The van der Waals surface area contributed by atoms with E-state index in [0.717, 1.165) is 43.9 Å².